The van der Waals surface area contributed by atoms with Crippen LogP contribution in [0.15, 0.2) is 174 Å². The highest BCUT2D eigenvalue weighted by atomic mass is 16.3. The molecule has 0 amide bonds. The fourth-order valence-electron chi connectivity index (χ4n) is 7.85. The molecule has 0 aliphatic heterocycles. The van der Waals surface area contributed by atoms with Crippen molar-refractivity contribution in [3.8, 4) is 39.9 Å². The maximum absolute atomic E-state index is 6.78. The van der Waals surface area contributed by atoms with Crippen molar-refractivity contribution < 1.29 is 4.42 Å². The number of para-hydroxylation sites is 2. The van der Waals surface area contributed by atoms with E-state index in [1.807, 2.05) is 74.5 Å². The summed E-state index contributed by atoms with van der Waals surface area (Å²) in [5.74, 6) is 1.78. The highest BCUT2D eigenvalue weighted by Crippen LogP contribution is 2.44. The van der Waals surface area contributed by atoms with Gasteiger partial charge in [0.25, 0.3) is 0 Å². The number of fused-ring (bicyclic) bond motifs is 9. The van der Waals surface area contributed by atoms with Crippen molar-refractivity contribution in [2.45, 2.75) is 13.8 Å². The van der Waals surface area contributed by atoms with Crippen LogP contribution in [0.1, 0.15) is 13.8 Å². The SMILES string of the molecule is CC.c1ccc(-c2nc(-c3ccccc3)nc(-n3c4cc5ccccc5cc4c4cccc(-c5cccc6c5oc5ccc7ccccc7c56)c43)n2)cc1. The quantitative estimate of drug-likeness (QED) is 0.184. The van der Waals surface area contributed by atoms with E-state index in [2.05, 4.69) is 114 Å². The largest absolute Gasteiger partial charge is 0.455 e. The molecule has 0 aliphatic carbocycles. The zero-order valence-electron chi connectivity index (χ0n) is 29.9. The van der Waals surface area contributed by atoms with Gasteiger partial charge < -0.3 is 4.42 Å². The molecule has 0 saturated heterocycles. The van der Waals surface area contributed by atoms with Gasteiger partial charge in [0.1, 0.15) is 11.2 Å². The molecule has 5 nitrogen and oxygen atoms in total. The summed E-state index contributed by atoms with van der Waals surface area (Å²) in [7, 11) is 0. The number of nitrogens with zero attached hydrogens (tertiary/aromatic N) is 4. The van der Waals surface area contributed by atoms with Gasteiger partial charge in [0.2, 0.25) is 5.95 Å². The molecule has 0 aliphatic rings. The summed E-state index contributed by atoms with van der Waals surface area (Å²) < 4.78 is 9.01. The third kappa shape index (κ3) is 4.97. The second kappa shape index (κ2) is 12.8. The summed E-state index contributed by atoms with van der Waals surface area (Å²) in [6.07, 6.45) is 0. The third-order valence-corrected chi connectivity index (χ3v) is 10.2. The number of aromatic nitrogens is 4. The number of hydrogen-bond donors (Lipinski definition) is 0. The Kier molecular flexibility index (Phi) is 7.51. The average Bonchev–Trinajstić information content (AvgIpc) is 3.80. The Morgan fingerprint density at radius 3 is 1.72 bits per heavy atom. The zero-order chi connectivity index (χ0) is 36.2. The molecule has 0 N–H and O–H groups in total. The number of hydrogen-bond acceptors (Lipinski definition) is 4. The van der Waals surface area contributed by atoms with E-state index in [-0.39, 0.29) is 0 Å². The number of furan rings is 1. The van der Waals surface area contributed by atoms with E-state index < -0.39 is 0 Å². The molecule has 8 aromatic carbocycles. The molecule has 0 fully saturated rings. The second-order valence-corrected chi connectivity index (χ2v) is 13.2. The molecule has 3 heterocycles. The van der Waals surface area contributed by atoms with Crippen molar-refractivity contribution >= 4 is 65.3 Å². The van der Waals surface area contributed by atoms with Crippen molar-refractivity contribution in [3.63, 3.8) is 0 Å². The van der Waals surface area contributed by atoms with E-state index >= 15 is 0 Å². The average molecular weight is 695 g/mol. The van der Waals surface area contributed by atoms with Crippen LogP contribution in [0.2, 0.25) is 0 Å². The minimum Gasteiger partial charge on any atom is -0.455 e. The van der Waals surface area contributed by atoms with Crippen LogP contribution in [0.4, 0.5) is 0 Å². The van der Waals surface area contributed by atoms with E-state index in [1.165, 1.54) is 16.2 Å². The van der Waals surface area contributed by atoms with Gasteiger partial charge >= 0.3 is 0 Å². The van der Waals surface area contributed by atoms with Crippen molar-refractivity contribution in [3.05, 3.63) is 170 Å². The summed E-state index contributed by atoms with van der Waals surface area (Å²) in [5, 5.41) is 9.15. The first-order chi connectivity index (χ1) is 26.8. The Morgan fingerprint density at radius 2 is 1.02 bits per heavy atom. The van der Waals surface area contributed by atoms with Crippen molar-refractivity contribution in [2.24, 2.45) is 0 Å². The summed E-state index contributed by atoms with van der Waals surface area (Å²) in [6.45, 7) is 4.00. The third-order valence-electron chi connectivity index (χ3n) is 10.2. The summed E-state index contributed by atoms with van der Waals surface area (Å²) in [5.41, 5.74) is 7.66. The highest BCUT2D eigenvalue weighted by molar-refractivity contribution is 6.23. The minimum absolute atomic E-state index is 0.554. The van der Waals surface area contributed by atoms with Gasteiger partial charge in [0.15, 0.2) is 11.6 Å². The standard InChI is InChI=1S/C47H28N4O.C2H6/c1-3-14-30(15-4-1)45-48-46(31-16-5-2-6-17-31)50-47(49-45)51-40-28-33-19-8-7-18-32(33)27-39(40)36-22-11-21-35(43(36)51)37-23-12-24-38-42-34-20-10-9-13-29(34)25-26-41(42)52-44(37)38;1-2/h1-28H;1-2H3. The molecule has 0 radical (unpaired) electrons. The summed E-state index contributed by atoms with van der Waals surface area (Å²) in [4.78, 5) is 15.5. The summed E-state index contributed by atoms with van der Waals surface area (Å²) >= 11 is 0. The van der Waals surface area contributed by atoms with Gasteiger partial charge in [0, 0.05) is 43.8 Å². The highest BCUT2D eigenvalue weighted by Gasteiger charge is 2.23. The molecule has 54 heavy (non-hydrogen) atoms. The fourth-order valence-corrected chi connectivity index (χ4v) is 7.85. The maximum Gasteiger partial charge on any atom is 0.238 e. The summed E-state index contributed by atoms with van der Waals surface area (Å²) in [6, 6.07) is 59.1. The van der Waals surface area contributed by atoms with Gasteiger partial charge in [-0.3, -0.25) is 4.57 Å². The zero-order valence-corrected chi connectivity index (χ0v) is 29.9. The van der Waals surface area contributed by atoms with Crippen LogP contribution < -0.4 is 0 Å². The van der Waals surface area contributed by atoms with Crippen molar-refractivity contribution in [1.29, 1.82) is 0 Å². The Morgan fingerprint density at radius 1 is 0.444 bits per heavy atom. The molecule has 0 unspecified atom stereocenters. The molecule has 0 spiro atoms. The first-order valence-corrected chi connectivity index (χ1v) is 18.5. The molecular weight excluding hydrogens is 661 g/mol. The van der Waals surface area contributed by atoms with E-state index in [9.17, 15) is 0 Å². The molecule has 256 valence electrons. The van der Waals surface area contributed by atoms with E-state index in [4.69, 9.17) is 19.4 Å². The van der Waals surface area contributed by atoms with E-state index in [0.29, 0.717) is 17.6 Å². The Balaban J connectivity index is 0.00000178. The van der Waals surface area contributed by atoms with Crippen molar-refractivity contribution in [1.82, 2.24) is 19.5 Å². The topological polar surface area (TPSA) is 56.7 Å². The first-order valence-electron chi connectivity index (χ1n) is 18.5. The molecule has 0 atom stereocenters. The van der Waals surface area contributed by atoms with Gasteiger partial charge in [0.05, 0.1) is 11.0 Å². The molecule has 5 heteroatoms. The van der Waals surface area contributed by atoms with Gasteiger partial charge in [-0.15, -0.1) is 0 Å². The molecule has 11 aromatic rings. The molecule has 0 bridgehead atoms. The molecule has 3 aromatic heterocycles. The Bertz CT molecular complexity index is 3120. The lowest BCUT2D eigenvalue weighted by Crippen LogP contribution is -2.07. The van der Waals surface area contributed by atoms with Crippen LogP contribution in [0, 0.1) is 0 Å². The van der Waals surface area contributed by atoms with Gasteiger partial charge in [-0.05, 0) is 39.7 Å². The number of benzene rings is 8. The van der Waals surface area contributed by atoms with Crippen LogP contribution >= 0.6 is 0 Å². The van der Waals surface area contributed by atoms with Crippen LogP contribution in [0.25, 0.3) is 105 Å². The maximum atomic E-state index is 6.78. The predicted molar refractivity (Wildman–Crippen MR) is 224 cm³/mol. The Labute approximate surface area is 311 Å². The monoisotopic (exact) mass is 694 g/mol. The smallest absolute Gasteiger partial charge is 0.238 e. The molecule has 0 saturated carbocycles. The van der Waals surface area contributed by atoms with Crippen LogP contribution in [-0.4, -0.2) is 19.5 Å². The van der Waals surface area contributed by atoms with E-state index in [0.717, 1.165) is 71.4 Å². The van der Waals surface area contributed by atoms with Gasteiger partial charge in [-0.25, -0.2) is 4.98 Å². The minimum atomic E-state index is 0.554. The number of rotatable bonds is 4. The molecule has 11 rings (SSSR count). The van der Waals surface area contributed by atoms with Crippen LogP contribution in [0.5, 0.6) is 0 Å². The van der Waals surface area contributed by atoms with Gasteiger partial charge in [-0.1, -0.05) is 166 Å². The lowest BCUT2D eigenvalue weighted by molar-refractivity contribution is 0.670. The fraction of sp³-hybridized carbons (Fsp3) is 0.0408. The van der Waals surface area contributed by atoms with Gasteiger partial charge in [-0.2, -0.15) is 9.97 Å². The molecular formula is C49H34N4O. The Hall–Kier alpha value is -7.11. The lowest BCUT2D eigenvalue weighted by atomic mass is 9.98. The van der Waals surface area contributed by atoms with E-state index in [1.54, 1.807) is 0 Å². The lowest BCUT2D eigenvalue weighted by Gasteiger charge is -2.13. The van der Waals surface area contributed by atoms with Crippen LogP contribution in [-0.2, 0) is 0 Å². The van der Waals surface area contributed by atoms with Crippen molar-refractivity contribution in [2.75, 3.05) is 0 Å². The van der Waals surface area contributed by atoms with Crippen LogP contribution in [0.3, 0.4) is 0 Å². The normalized spacial score (nSPS) is 11.5. The second-order valence-electron chi connectivity index (χ2n) is 13.2. The predicted octanol–water partition coefficient (Wildman–Crippen LogP) is 13.2. The first kappa shape index (κ1) is 31.6.